The van der Waals surface area contributed by atoms with Crippen LogP contribution in [0.2, 0.25) is 0 Å². The Hall–Kier alpha value is -1.88. The van der Waals surface area contributed by atoms with Gasteiger partial charge in [0.2, 0.25) is 5.91 Å². The third-order valence-electron chi connectivity index (χ3n) is 3.27. The number of anilines is 1. The first kappa shape index (κ1) is 17.2. The Labute approximate surface area is 126 Å². The summed E-state index contributed by atoms with van der Waals surface area (Å²) in [6, 6.07) is 7.75. The number of methoxy groups -OCH3 is 1. The van der Waals surface area contributed by atoms with Crippen molar-refractivity contribution in [1.82, 2.24) is 4.90 Å². The van der Waals surface area contributed by atoms with Crippen molar-refractivity contribution in [1.29, 1.82) is 0 Å². The van der Waals surface area contributed by atoms with Gasteiger partial charge in [0.1, 0.15) is 0 Å². The van der Waals surface area contributed by atoms with E-state index in [0.717, 1.165) is 17.7 Å². The SMILES string of the molecule is CCc1ccccc1NC(=O)CN(C)CC(C)C(=O)OC. The molecular weight excluding hydrogens is 268 g/mol. The number of amides is 1. The number of nitrogens with one attached hydrogen (secondary N) is 1. The Morgan fingerprint density at radius 3 is 2.62 bits per heavy atom. The van der Waals surface area contributed by atoms with Crippen LogP contribution in [0.5, 0.6) is 0 Å². The van der Waals surface area contributed by atoms with Crippen molar-refractivity contribution in [3.05, 3.63) is 29.8 Å². The summed E-state index contributed by atoms with van der Waals surface area (Å²) in [7, 11) is 3.18. The Kier molecular flexibility index (Phi) is 6.88. The zero-order valence-electron chi connectivity index (χ0n) is 13.2. The number of nitrogens with zero attached hydrogens (tertiary/aromatic N) is 1. The van der Waals surface area contributed by atoms with Crippen molar-refractivity contribution < 1.29 is 14.3 Å². The van der Waals surface area contributed by atoms with Gasteiger partial charge in [0.25, 0.3) is 0 Å². The molecule has 0 heterocycles. The van der Waals surface area contributed by atoms with E-state index < -0.39 is 0 Å². The van der Waals surface area contributed by atoms with Crippen LogP contribution >= 0.6 is 0 Å². The van der Waals surface area contributed by atoms with Gasteiger partial charge in [-0.1, -0.05) is 32.0 Å². The average Bonchev–Trinajstić information content (AvgIpc) is 2.46. The van der Waals surface area contributed by atoms with Gasteiger partial charge < -0.3 is 10.1 Å². The van der Waals surface area contributed by atoms with E-state index in [0.29, 0.717) is 6.54 Å². The highest BCUT2D eigenvalue weighted by molar-refractivity contribution is 5.93. The number of likely N-dealkylation sites (N-methyl/N-ethyl adjacent to an activating group) is 1. The minimum atomic E-state index is -0.265. The Bertz CT molecular complexity index is 488. The molecule has 116 valence electrons. The molecule has 5 heteroatoms. The van der Waals surface area contributed by atoms with Crippen LogP contribution in [0.1, 0.15) is 19.4 Å². The van der Waals surface area contributed by atoms with Crippen molar-refractivity contribution in [2.45, 2.75) is 20.3 Å². The quantitative estimate of drug-likeness (QED) is 0.780. The molecule has 5 nitrogen and oxygen atoms in total. The minimum Gasteiger partial charge on any atom is -0.469 e. The molecule has 0 aliphatic heterocycles. The lowest BCUT2D eigenvalue weighted by Crippen LogP contribution is -2.35. The fraction of sp³-hybridized carbons (Fsp3) is 0.500. The van der Waals surface area contributed by atoms with Crippen molar-refractivity contribution in [3.63, 3.8) is 0 Å². The van der Waals surface area contributed by atoms with E-state index in [9.17, 15) is 9.59 Å². The number of benzene rings is 1. The van der Waals surface area contributed by atoms with E-state index in [1.807, 2.05) is 36.2 Å². The summed E-state index contributed by atoms with van der Waals surface area (Å²) in [6.45, 7) is 4.55. The number of ether oxygens (including phenoxy) is 1. The molecule has 21 heavy (non-hydrogen) atoms. The smallest absolute Gasteiger partial charge is 0.309 e. The predicted molar refractivity (Wildman–Crippen MR) is 83.1 cm³/mol. The van der Waals surface area contributed by atoms with Crippen LogP contribution in [0.25, 0.3) is 0 Å². The number of hydrogen-bond donors (Lipinski definition) is 1. The van der Waals surface area contributed by atoms with E-state index in [-0.39, 0.29) is 24.3 Å². The minimum absolute atomic E-state index is 0.0875. The number of rotatable bonds is 7. The first-order chi connectivity index (χ1) is 9.97. The summed E-state index contributed by atoms with van der Waals surface area (Å²) in [6.07, 6.45) is 0.867. The van der Waals surface area contributed by atoms with Gasteiger partial charge in [-0.25, -0.2) is 0 Å². The first-order valence-corrected chi connectivity index (χ1v) is 7.12. The van der Waals surface area contributed by atoms with Crippen LogP contribution in [0.4, 0.5) is 5.69 Å². The van der Waals surface area contributed by atoms with Crippen molar-refractivity contribution >= 4 is 17.6 Å². The van der Waals surface area contributed by atoms with E-state index in [1.165, 1.54) is 7.11 Å². The largest absolute Gasteiger partial charge is 0.469 e. The lowest BCUT2D eigenvalue weighted by molar-refractivity contribution is -0.145. The van der Waals surface area contributed by atoms with E-state index >= 15 is 0 Å². The third kappa shape index (κ3) is 5.55. The number of esters is 1. The topological polar surface area (TPSA) is 58.6 Å². The standard InChI is InChI=1S/C16H24N2O3/c1-5-13-8-6-7-9-14(13)17-15(19)11-18(3)10-12(2)16(20)21-4/h6-9,12H,5,10-11H2,1-4H3,(H,17,19). The molecule has 0 aliphatic carbocycles. The Balaban J connectivity index is 2.51. The molecule has 1 aromatic rings. The number of para-hydroxylation sites is 1. The summed E-state index contributed by atoms with van der Waals surface area (Å²) in [5, 5.41) is 2.91. The summed E-state index contributed by atoms with van der Waals surface area (Å²) in [4.78, 5) is 25.2. The second kappa shape index (κ2) is 8.42. The zero-order valence-corrected chi connectivity index (χ0v) is 13.2. The van der Waals surface area contributed by atoms with Gasteiger partial charge in [0.15, 0.2) is 0 Å². The number of carbonyl (C=O) groups excluding carboxylic acids is 2. The predicted octanol–water partition coefficient (Wildman–Crippen LogP) is 1.93. The second-order valence-electron chi connectivity index (χ2n) is 5.18. The highest BCUT2D eigenvalue weighted by Crippen LogP contribution is 2.15. The lowest BCUT2D eigenvalue weighted by atomic mass is 10.1. The van der Waals surface area contributed by atoms with Crippen LogP contribution in [0.15, 0.2) is 24.3 Å². The number of hydrogen-bond acceptors (Lipinski definition) is 4. The second-order valence-corrected chi connectivity index (χ2v) is 5.18. The molecule has 1 aromatic carbocycles. The monoisotopic (exact) mass is 292 g/mol. The van der Waals surface area contributed by atoms with Gasteiger partial charge >= 0.3 is 5.97 Å². The van der Waals surface area contributed by atoms with Gasteiger partial charge in [-0.3, -0.25) is 14.5 Å². The van der Waals surface area contributed by atoms with Crippen LogP contribution in [0, 0.1) is 5.92 Å². The fourth-order valence-electron chi connectivity index (χ4n) is 2.19. The van der Waals surface area contributed by atoms with E-state index in [4.69, 9.17) is 0 Å². The third-order valence-corrected chi connectivity index (χ3v) is 3.27. The van der Waals surface area contributed by atoms with Crippen LogP contribution in [0.3, 0.4) is 0 Å². The lowest BCUT2D eigenvalue weighted by Gasteiger charge is -2.19. The number of aryl methyl sites for hydroxylation is 1. The Morgan fingerprint density at radius 2 is 2.00 bits per heavy atom. The summed E-state index contributed by atoms with van der Waals surface area (Å²) < 4.78 is 4.68. The molecule has 1 N–H and O–H groups in total. The molecule has 0 fully saturated rings. The van der Waals surface area contributed by atoms with E-state index in [2.05, 4.69) is 17.0 Å². The Morgan fingerprint density at radius 1 is 1.33 bits per heavy atom. The highest BCUT2D eigenvalue weighted by atomic mass is 16.5. The molecule has 1 rings (SSSR count). The van der Waals surface area contributed by atoms with Gasteiger partial charge in [-0.15, -0.1) is 0 Å². The van der Waals surface area contributed by atoms with Crippen LogP contribution < -0.4 is 5.32 Å². The van der Waals surface area contributed by atoms with Crippen molar-refractivity contribution in [2.24, 2.45) is 5.92 Å². The summed E-state index contributed by atoms with van der Waals surface area (Å²) >= 11 is 0. The fourth-order valence-corrected chi connectivity index (χ4v) is 2.19. The summed E-state index contributed by atoms with van der Waals surface area (Å²) in [5.41, 5.74) is 1.95. The van der Waals surface area contributed by atoms with Crippen LogP contribution in [-0.4, -0.2) is 44.0 Å². The maximum Gasteiger partial charge on any atom is 0.309 e. The molecule has 1 amide bonds. The molecule has 0 saturated carbocycles. The van der Waals surface area contributed by atoms with Crippen molar-refractivity contribution in [2.75, 3.05) is 32.6 Å². The van der Waals surface area contributed by atoms with Gasteiger partial charge in [-0.2, -0.15) is 0 Å². The maximum absolute atomic E-state index is 12.0. The van der Waals surface area contributed by atoms with Crippen molar-refractivity contribution in [3.8, 4) is 0 Å². The maximum atomic E-state index is 12.0. The average molecular weight is 292 g/mol. The van der Waals surface area contributed by atoms with E-state index in [1.54, 1.807) is 6.92 Å². The molecule has 0 bridgehead atoms. The number of carbonyl (C=O) groups is 2. The molecular formula is C16H24N2O3. The van der Waals surface area contributed by atoms with Gasteiger partial charge in [0.05, 0.1) is 19.6 Å². The normalized spacial score (nSPS) is 12.0. The van der Waals surface area contributed by atoms with Gasteiger partial charge in [-0.05, 0) is 25.1 Å². The van der Waals surface area contributed by atoms with Gasteiger partial charge in [0, 0.05) is 12.2 Å². The zero-order chi connectivity index (χ0) is 15.8. The molecule has 1 atom stereocenters. The molecule has 0 aliphatic rings. The van der Waals surface area contributed by atoms with Crippen LogP contribution in [-0.2, 0) is 20.7 Å². The highest BCUT2D eigenvalue weighted by Gasteiger charge is 2.17. The molecule has 0 saturated heterocycles. The molecule has 0 spiro atoms. The molecule has 0 radical (unpaired) electrons. The summed E-state index contributed by atoms with van der Waals surface area (Å²) in [5.74, 6) is -0.607. The first-order valence-electron chi connectivity index (χ1n) is 7.12. The molecule has 1 unspecified atom stereocenters. The molecule has 0 aromatic heterocycles.